The van der Waals surface area contributed by atoms with Crippen molar-refractivity contribution in [2.75, 3.05) is 18.0 Å². The van der Waals surface area contributed by atoms with Gasteiger partial charge in [-0.2, -0.15) is 13.2 Å². The molecule has 1 aliphatic rings. The summed E-state index contributed by atoms with van der Waals surface area (Å²) in [7, 11) is 0. The van der Waals surface area contributed by atoms with Crippen LogP contribution in [-0.4, -0.2) is 60.6 Å². The van der Waals surface area contributed by atoms with E-state index < -0.39 is 24.0 Å². The zero-order valence-corrected chi connectivity index (χ0v) is 22.1. The van der Waals surface area contributed by atoms with Gasteiger partial charge in [-0.05, 0) is 37.1 Å². The quantitative estimate of drug-likeness (QED) is 0.298. The molecule has 5 rings (SSSR count). The number of aromatic amines is 1. The van der Waals surface area contributed by atoms with Crippen molar-refractivity contribution in [2.45, 2.75) is 61.3 Å². The lowest BCUT2D eigenvalue weighted by molar-refractivity contribution is -0.155. The molecule has 1 fully saturated rings. The number of alkyl halides is 3. The van der Waals surface area contributed by atoms with Crippen LogP contribution in [0.2, 0.25) is 5.02 Å². The number of pyridine rings is 1. The van der Waals surface area contributed by atoms with E-state index in [4.69, 9.17) is 16.6 Å². The van der Waals surface area contributed by atoms with Crippen LogP contribution in [0.5, 0.6) is 0 Å². The standard InChI is InChI=1S/C24H24ClF3N8OS/c1-3-14-18(25)17-20(32-14)33-22(38-13-9-15-19(31-11-13)30-7-6-29-15)34-21(17)36-8-5-23(4-2,12-36)35-16(37)10-24(26,27)28/h6-7,9,11H,3-5,8,10,12H2,1-2H3,(H,35,37)(H,32,33,34). The largest absolute Gasteiger partial charge is 0.397 e. The van der Waals surface area contributed by atoms with E-state index in [1.807, 2.05) is 24.8 Å². The summed E-state index contributed by atoms with van der Waals surface area (Å²) in [6.45, 7) is 4.59. The van der Waals surface area contributed by atoms with Gasteiger partial charge in [0, 0.05) is 42.3 Å². The molecule has 0 aromatic carbocycles. The molecule has 0 bridgehead atoms. The number of halogens is 4. The van der Waals surface area contributed by atoms with Gasteiger partial charge in [-0.25, -0.2) is 19.9 Å². The van der Waals surface area contributed by atoms with Crippen molar-refractivity contribution in [3.8, 4) is 0 Å². The fourth-order valence-electron chi connectivity index (χ4n) is 4.64. The molecule has 1 amide bonds. The minimum atomic E-state index is -4.57. The van der Waals surface area contributed by atoms with Crippen LogP contribution in [-0.2, 0) is 11.2 Å². The molecule has 0 spiro atoms. The smallest absolute Gasteiger partial charge is 0.353 e. The summed E-state index contributed by atoms with van der Waals surface area (Å²) >= 11 is 8.01. The molecule has 1 unspecified atom stereocenters. The van der Waals surface area contributed by atoms with E-state index in [9.17, 15) is 18.0 Å². The molecule has 0 radical (unpaired) electrons. The summed E-state index contributed by atoms with van der Waals surface area (Å²) in [5.74, 6) is -0.475. The Hall–Kier alpha value is -3.19. The number of aromatic nitrogens is 6. The van der Waals surface area contributed by atoms with Crippen LogP contribution in [0, 0.1) is 0 Å². The zero-order chi connectivity index (χ0) is 27.1. The molecule has 1 atom stereocenters. The van der Waals surface area contributed by atoms with E-state index in [1.165, 1.54) is 11.8 Å². The molecule has 1 aliphatic heterocycles. The molecule has 4 aromatic rings. The van der Waals surface area contributed by atoms with Crippen LogP contribution < -0.4 is 10.2 Å². The highest BCUT2D eigenvalue weighted by Crippen LogP contribution is 2.39. The Kier molecular flexibility index (Phi) is 7.07. The zero-order valence-electron chi connectivity index (χ0n) is 20.6. The van der Waals surface area contributed by atoms with Gasteiger partial charge in [0.25, 0.3) is 0 Å². The van der Waals surface area contributed by atoms with Crippen molar-refractivity contribution in [1.29, 1.82) is 0 Å². The van der Waals surface area contributed by atoms with Crippen molar-refractivity contribution in [1.82, 2.24) is 35.2 Å². The Balaban J connectivity index is 1.49. The molecule has 5 heterocycles. The Morgan fingerprint density at radius 2 is 2.03 bits per heavy atom. The molecule has 9 nitrogen and oxygen atoms in total. The highest BCUT2D eigenvalue weighted by molar-refractivity contribution is 7.99. The van der Waals surface area contributed by atoms with Crippen LogP contribution in [0.15, 0.2) is 34.7 Å². The number of nitrogens with one attached hydrogen (secondary N) is 2. The van der Waals surface area contributed by atoms with Gasteiger partial charge in [0.15, 0.2) is 10.8 Å². The number of aryl methyl sites for hydroxylation is 1. The molecular weight excluding hydrogens is 541 g/mol. The van der Waals surface area contributed by atoms with E-state index >= 15 is 0 Å². The van der Waals surface area contributed by atoms with Crippen LogP contribution in [0.25, 0.3) is 22.2 Å². The van der Waals surface area contributed by atoms with Gasteiger partial charge in [-0.3, -0.25) is 9.78 Å². The topological polar surface area (TPSA) is 113 Å². The summed E-state index contributed by atoms with van der Waals surface area (Å²) in [6.07, 6.45) is 0.336. The molecule has 1 saturated heterocycles. The summed E-state index contributed by atoms with van der Waals surface area (Å²) in [5.41, 5.74) is 1.71. The lowest BCUT2D eigenvalue weighted by Crippen LogP contribution is -2.51. The van der Waals surface area contributed by atoms with Gasteiger partial charge in [-0.1, -0.05) is 25.4 Å². The Morgan fingerprint density at radius 1 is 1.24 bits per heavy atom. The highest BCUT2D eigenvalue weighted by atomic mass is 35.5. The van der Waals surface area contributed by atoms with E-state index in [1.54, 1.807) is 18.6 Å². The fraction of sp³-hybridized carbons (Fsp3) is 0.417. The first-order valence-corrected chi connectivity index (χ1v) is 13.2. The average Bonchev–Trinajstić information content (AvgIpc) is 3.43. The number of carbonyl (C=O) groups is 1. The second kappa shape index (κ2) is 10.2. The maximum absolute atomic E-state index is 12.8. The Bertz CT molecular complexity index is 1510. The first-order chi connectivity index (χ1) is 18.1. The third-order valence-electron chi connectivity index (χ3n) is 6.58. The van der Waals surface area contributed by atoms with Gasteiger partial charge in [0.05, 0.1) is 15.9 Å². The lowest BCUT2D eigenvalue weighted by Gasteiger charge is -2.30. The normalized spacial score (nSPS) is 18.0. The minimum Gasteiger partial charge on any atom is -0.353 e. The van der Waals surface area contributed by atoms with Gasteiger partial charge in [0.2, 0.25) is 5.91 Å². The maximum atomic E-state index is 12.8. The first-order valence-electron chi connectivity index (χ1n) is 12.0. The third-order valence-corrected chi connectivity index (χ3v) is 7.82. The van der Waals surface area contributed by atoms with E-state index in [2.05, 4.69) is 30.2 Å². The first kappa shape index (κ1) is 26.4. The molecule has 0 aliphatic carbocycles. The van der Waals surface area contributed by atoms with E-state index in [-0.39, 0.29) is 0 Å². The van der Waals surface area contributed by atoms with Crippen LogP contribution in [0.1, 0.15) is 38.8 Å². The number of amides is 1. The van der Waals surface area contributed by atoms with Gasteiger partial charge >= 0.3 is 6.18 Å². The number of hydrogen-bond donors (Lipinski definition) is 2. The SMILES string of the molecule is CCc1[nH]c2nc(Sc3cnc4nccnc4c3)nc(N3CCC(CC)(NC(=O)CC(F)(F)F)C3)c2c1Cl. The maximum Gasteiger partial charge on any atom is 0.397 e. The predicted octanol–water partition coefficient (Wildman–Crippen LogP) is 5.09. The van der Waals surface area contributed by atoms with Crippen LogP contribution >= 0.6 is 23.4 Å². The molecule has 4 aromatic heterocycles. The summed E-state index contributed by atoms with van der Waals surface area (Å²) in [5, 5.41) is 4.22. The number of carbonyl (C=O) groups excluding carboxylic acids is 1. The molecular formula is C24H24ClF3N8OS. The number of rotatable bonds is 7. The third kappa shape index (κ3) is 5.35. The highest BCUT2D eigenvalue weighted by Gasteiger charge is 2.41. The molecule has 200 valence electrons. The Morgan fingerprint density at radius 3 is 2.76 bits per heavy atom. The summed E-state index contributed by atoms with van der Waals surface area (Å²) in [6, 6.07) is 1.85. The number of nitrogens with zero attached hydrogens (tertiary/aromatic N) is 6. The van der Waals surface area contributed by atoms with Crippen LogP contribution in [0.4, 0.5) is 19.0 Å². The van der Waals surface area contributed by atoms with Crippen molar-refractivity contribution in [3.63, 3.8) is 0 Å². The fourth-order valence-corrected chi connectivity index (χ4v) is 5.75. The molecule has 2 N–H and O–H groups in total. The number of hydrogen-bond acceptors (Lipinski definition) is 8. The average molecular weight is 565 g/mol. The second-order valence-corrected chi connectivity index (χ2v) is 10.6. The minimum absolute atomic E-state index is 0.291. The van der Waals surface area contributed by atoms with Gasteiger partial charge in [-0.15, -0.1) is 0 Å². The van der Waals surface area contributed by atoms with Gasteiger partial charge < -0.3 is 15.2 Å². The molecule has 0 saturated carbocycles. The monoisotopic (exact) mass is 564 g/mol. The van der Waals surface area contributed by atoms with E-state index in [0.29, 0.717) is 70.5 Å². The number of H-pyrrole nitrogens is 1. The molecule has 14 heteroatoms. The summed E-state index contributed by atoms with van der Waals surface area (Å²) < 4.78 is 38.4. The number of anilines is 1. The number of fused-ring (bicyclic) bond motifs is 2. The van der Waals surface area contributed by atoms with Gasteiger partial charge in [0.1, 0.15) is 23.4 Å². The van der Waals surface area contributed by atoms with E-state index in [0.717, 1.165) is 10.6 Å². The van der Waals surface area contributed by atoms with Crippen molar-refractivity contribution < 1.29 is 18.0 Å². The van der Waals surface area contributed by atoms with Crippen molar-refractivity contribution in [2.24, 2.45) is 0 Å². The molecule has 38 heavy (non-hydrogen) atoms. The van der Waals surface area contributed by atoms with Crippen LogP contribution in [0.3, 0.4) is 0 Å². The van der Waals surface area contributed by atoms with Crippen molar-refractivity contribution in [3.05, 3.63) is 35.4 Å². The summed E-state index contributed by atoms with van der Waals surface area (Å²) in [4.78, 5) is 40.5. The predicted molar refractivity (Wildman–Crippen MR) is 138 cm³/mol. The van der Waals surface area contributed by atoms with Crippen molar-refractivity contribution >= 4 is 57.3 Å². The second-order valence-electron chi connectivity index (χ2n) is 9.14. The lowest BCUT2D eigenvalue weighted by atomic mass is 9.95. The Labute approximate surface area is 225 Å².